The Hall–Kier alpha value is -0.860. The van der Waals surface area contributed by atoms with Crippen LogP contribution in [0.25, 0.3) is 0 Å². The number of nitrogens with one attached hydrogen (secondary N) is 1. The standard InChI is InChI=1S/C14H22N2/c1-12-5-2-3-6-13(12)7-9-14(11-15)8-4-10-16-14/h2-3,5-6,16H,4,7-11,15H2,1H3. The van der Waals surface area contributed by atoms with Crippen molar-refractivity contribution in [1.82, 2.24) is 5.32 Å². The summed E-state index contributed by atoms with van der Waals surface area (Å²) in [6, 6.07) is 8.64. The molecule has 1 aliphatic rings. The Balaban J connectivity index is 1.98. The first-order valence-electron chi connectivity index (χ1n) is 6.25. The second-order valence-electron chi connectivity index (χ2n) is 4.94. The fourth-order valence-electron chi connectivity index (χ4n) is 2.62. The summed E-state index contributed by atoms with van der Waals surface area (Å²) in [4.78, 5) is 0. The molecule has 2 heteroatoms. The van der Waals surface area contributed by atoms with Crippen LogP contribution in [0.1, 0.15) is 30.4 Å². The van der Waals surface area contributed by atoms with E-state index in [0.29, 0.717) is 0 Å². The van der Waals surface area contributed by atoms with Crippen LogP contribution in [0.3, 0.4) is 0 Å². The van der Waals surface area contributed by atoms with E-state index in [0.717, 1.165) is 25.9 Å². The van der Waals surface area contributed by atoms with Gasteiger partial charge in [0.2, 0.25) is 0 Å². The minimum Gasteiger partial charge on any atom is -0.329 e. The molecule has 2 nitrogen and oxygen atoms in total. The lowest BCUT2D eigenvalue weighted by Crippen LogP contribution is -2.46. The van der Waals surface area contributed by atoms with Gasteiger partial charge in [-0.1, -0.05) is 24.3 Å². The van der Waals surface area contributed by atoms with Crippen LogP contribution < -0.4 is 11.1 Å². The Kier molecular flexibility index (Phi) is 3.62. The number of hydrogen-bond acceptors (Lipinski definition) is 2. The van der Waals surface area contributed by atoms with E-state index in [-0.39, 0.29) is 5.54 Å². The van der Waals surface area contributed by atoms with E-state index in [1.54, 1.807) is 0 Å². The van der Waals surface area contributed by atoms with Crippen molar-refractivity contribution in [1.29, 1.82) is 0 Å². The Morgan fingerprint density at radius 3 is 2.81 bits per heavy atom. The molecule has 88 valence electrons. The minimum absolute atomic E-state index is 0.211. The fraction of sp³-hybridized carbons (Fsp3) is 0.571. The molecule has 3 N–H and O–H groups in total. The molecule has 1 aromatic rings. The fourth-order valence-corrected chi connectivity index (χ4v) is 2.62. The van der Waals surface area contributed by atoms with Gasteiger partial charge < -0.3 is 11.1 Å². The Morgan fingerprint density at radius 1 is 1.38 bits per heavy atom. The molecule has 1 saturated heterocycles. The highest BCUT2D eigenvalue weighted by molar-refractivity contribution is 5.26. The summed E-state index contributed by atoms with van der Waals surface area (Å²) in [6.07, 6.45) is 4.80. The van der Waals surface area contributed by atoms with Gasteiger partial charge in [-0.25, -0.2) is 0 Å². The predicted molar refractivity (Wildman–Crippen MR) is 68.5 cm³/mol. The van der Waals surface area contributed by atoms with Gasteiger partial charge in [-0.3, -0.25) is 0 Å². The number of nitrogens with two attached hydrogens (primary N) is 1. The number of rotatable bonds is 4. The van der Waals surface area contributed by atoms with Crippen LogP contribution in [0.15, 0.2) is 24.3 Å². The average molecular weight is 218 g/mol. The molecule has 1 fully saturated rings. The maximum Gasteiger partial charge on any atom is 0.0307 e. The van der Waals surface area contributed by atoms with E-state index in [2.05, 4.69) is 36.5 Å². The molecular weight excluding hydrogens is 196 g/mol. The lowest BCUT2D eigenvalue weighted by atomic mass is 9.89. The second kappa shape index (κ2) is 4.98. The molecule has 16 heavy (non-hydrogen) atoms. The molecule has 0 aliphatic carbocycles. The third kappa shape index (κ3) is 2.45. The van der Waals surface area contributed by atoms with E-state index < -0.39 is 0 Å². The lowest BCUT2D eigenvalue weighted by Gasteiger charge is -2.28. The first-order chi connectivity index (χ1) is 7.76. The van der Waals surface area contributed by atoms with Crippen LogP contribution in [0.4, 0.5) is 0 Å². The molecule has 1 aliphatic heterocycles. The SMILES string of the molecule is Cc1ccccc1CCC1(CN)CCCN1. The summed E-state index contributed by atoms with van der Waals surface area (Å²) in [5.41, 5.74) is 8.98. The molecule has 0 aromatic heterocycles. The zero-order valence-corrected chi connectivity index (χ0v) is 10.1. The highest BCUT2D eigenvalue weighted by atomic mass is 15.0. The monoisotopic (exact) mass is 218 g/mol. The van der Waals surface area contributed by atoms with Gasteiger partial charge in [-0.05, 0) is 50.3 Å². The summed E-state index contributed by atoms with van der Waals surface area (Å²) >= 11 is 0. The smallest absolute Gasteiger partial charge is 0.0307 e. The van der Waals surface area contributed by atoms with Crippen molar-refractivity contribution in [2.45, 2.75) is 38.1 Å². The molecule has 0 radical (unpaired) electrons. The summed E-state index contributed by atoms with van der Waals surface area (Å²) in [7, 11) is 0. The van der Waals surface area contributed by atoms with Gasteiger partial charge in [-0.2, -0.15) is 0 Å². The number of aryl methyl sites for hydroxylation is 2. The van der Waals surface area contributed by atoms with Gasteiger partial charge in [-0.15, -0.1) is 0 Å². The quantitative estimate of drug-likeness (QED) is 0.811. The molecule has 1 heterocycles. The van der Waals surface area contributed by atoms with E-state index in [1.807, 2.05) is 0 Å². The van der Waals surface area contributed by atoms with Crippen LogP contribution in [0, 0.1) is 6.92 Å². The van der Waals surface area contributed by atoms with E-state index >= 15 is 0 Å². The molecule has 1 aromatic carbocycles. The second-order valence-corrected chi connectivity index (χ2v) is 4.94. The van der Waals surface area contributed by atoms with Gasteiger partial charge in [0.1, 0.15) is 0 Å². The minimum atomic E-state index is 0.211. The maximum absolute atomic E-state index is 5.91. The largest absolute Gasteiger partial charge is 0.329 e. The van der Waals surface area contributed by atoms with Crippen molar-refractivity contribution in [3.8, 4) is 0 Å². The van der Waals surface area contributed by atoms with Crippen molar-refractivity contribution in [3.63, 3.8) is 0 Å². The number of benzene rings is 1. The molecule has 0 amide bonds. The Morgan fingerprint density at radius 2 is 2.19 bits per heavy atom. The van der Waals surface area contributed by atoms with Crippen molar-refractivity contribution in [2.75, 3.05) is 13.1 Å². The lowest BCUT2D eigenvalue weighted by molar-refractivity contribution is 0.358. The molecule has 0 bridgehead atoms. The number of hydrogen-bond donors (Lipinski definition) is 2. The zero-order chi connectivity index (χ0) is 11.4. The molecule has 0 saturated carbocycles. The van der Waals surface area contributed by atoms with Crippen LogP contribution in [-0.2, 0) is 6.42 Å². The van der Waals surface area contributed by atoms with Gasteiger partial charge in [0, 0.05) is 12.1 Å². The van der Waals surface area contributed by atoms with E-state index in [1.165, 1.54) is 24.0 Å². The Labute approximate surface area is 98.2 Å². The van der Waals surface area contributed by atoms with Crippen LogP contribution in [0.2, 0.25) is 0 Å². The summed E-state index contributed by atoms with van der Waals surface area (Å²) in [6.45, 7) is 4.08. The maximum atomic E-state index is 5.91. The molecule has 0 spiro atoms. The third-order valence-electron chi connectivity index (χ3n) is 3.86. The summed E-state index contributed by atoms with van der Waals surface area (Å²) in [5.74, 6) is 0. The highest BCUT2D eigenvalue weighted by Crippen LogP contribution is 2.24. The van der Waals surface area contributed by atoms with Gasteiger partial charge in [0.25, 0.3) is 0 Å². The first-order valence-corrected chi connectivity index (χ1v) is 6.25. The van der Waals surface area contributed by atoms with E-state index in [9.17, 15) is 0 Å². The highest BCUT2D eigenvalue weighted by Gasteiger charge is 2.31. The predicted octanol–water partition coefficient (Wildman–Crippen LogP) is 2.01. The zero-order valence-electron chi connectivity index (χ0n) is 10.1. The van der Waals surface area contributed by atoms with E-state index in [4.69, 9.17) is 5.73 Å². The topological polar surface area (TPSA) is 38.0 Å². The summed E-state index contributed by atoms with van der Waals surface area (Å²) in [5, 5.41) is 3.58. The van der Waals surface area contributed by atoms with Gasteiger partial charge in [0.15, 0.2) is 0 Å². The molecule has 1 unspecified atom stereocenters. The van der Waals surface area contributed by atoms with Crippen molar-refractivity contribution in [2.24, 2.45) is 5.73 Å². The average Bonchev–Trinajstić information content (AvgIpc) is 2.78. The first kappa shape index (κ1) is 11.6. The van der Waals surface area contributed by atoms with Gasteiger partial charge in [0.05, 0.1) is 0 Å². The third-order valence-corrected chi connectivity index (χ3v) is 3.86. The molecular formula is C14H22N2. The molecule has 2 rings (SSSR count). The Bertz CT molecular complexity index is 340. The van der Waals surface area contributed by atoms with Crippen molar-refractivity contribution in [3.05, 3.63) is 35.4 Å². The van der Waals surface area contributed by atoms with Crippen molar-refractivity contribution < 1.29 is 0 Å². The normalized spacial score (nSPS) is 24.9. The van der Waals surface area contributed by atoms with Crippen LogP contribution in [-0.4, -0.2) is 18.6 Å². The summed E-state index contributed by atoms with van der Waals surface area (Å²) < 4.78 is 0. The van der Waals surface area contributed by atoms with Gasteiger partial charge >= 0.3 is 0 Å². The van der Waals surface area contributed by atoms with Crippen LogP contribution in [0.5, 0.6) is 0 Å². The van der Waals surface area contributed by atoms with Crippen LogP contribution >= 0.6 is 0 Å². The van der Waals surface area contributed by atoms with Crippen molar-refractivity contribution >= 4 is 0 Å². The molecule has 1 atom stereocenters.